The molecule has 78 valence electrons. The summed E-state index contributed by atoms with van der Waals surface area (Å²) in [5.74, 6) is 0.881. The van der Waals surface area contributed by atoms with Crippen LogP contribution in [0.15, 0.2) is 11.2 Å². The Morgan fingerprint density at radius 3 is 2.77 bits per heavy atom. The predicted octanol–water partition coefficient (Wildman–Crippen LogP) is 3.76. The molecule has 0 rings (SSSR count). The molecule has 0 spiro atoms. The van der Waals surface area contributed by atoms with Gasteiger partial charge < -0.3 is 4.74 Å². The summed E-state index contributed by atoms with van der Waals surface area (Å²) in [5, 5.41) is -0.113. The molecule has 0 aliphatic rings. The maximum atomic E-state index is 12.8. The van der Waals surface area contributed by atoms with Crippen LogP contribution in [0.2, 0.25) is 0 Å². The monoisotopic (exact) mass is 206 g/mol. The second kappa shape index (κ2) is 10.1. The molecular formula is C10H19FOS. The first kappa shape index (κ1) is 13.0. The van der Waals surface area contributed by atoms with Gasteiger partial charge in [-0.05, 0) is 12.5 Å². The number of ether oxygens (including phenoxy) is 1. The molecule has 0 heterocycles. The number of thioether (sulfide) groups is 1. The first-order chi connectivity index (χ1) is 6.31. The number of hydrogen-bond donors (Lipinski definition) is 0. The second-order valence-corrected chi connectivity index (χ2v) is 3.96. The summed E-state index contributed by atoms with van der Waals surface area (Å²) in [7, 11) is 1.57. The van der Waals surface area contributed by atoms with E-state index in [1.54, 1.807) is 7.11 Å². The summed E-state index contributed by atoms with van der Waals surface area (Å²) >= 11 is 1.28. The molecule has 0 aliphatic heterocycles. The Labute approximate surface area is 84.7 Å². The van der Waals surface area contributed by atoms with Crippen molar-refractivity contribution >= 4 is 11.8 Å². The van der Waals surface area contributed by atoms with Gasteiger partial charge in [0.05, 0.1) is 6.61 Å². The van der Waals surface area contributed by atoms with Crippen LogP contribution < -0.4 is 0 Å². The normalized spacial score (nSPS) is 12.1. The zero-order valence-electron chi connectivity index (χ0n) is 8.51. The molecule has 0 N–H and O–H groups in total. The Bertz CT molecular complexity index is 137. The molecule has 0 amide bonds. The van der Waals surface area contributed by atoms with Crippen molar-refractivity contribution in [2.24, 2.45) is 0 Å². The van der Waals surface area contributed by atoms with E-state index >= 15 is 0 Å². The highest BCUT2D eigenvalue weighted by atomic mass is 32.2. The van der Waals surface area contributed by atoms with Crippen molar-refractivity contribution in [3.63, 3.8) is 0 Å². The van der Waals surface area contributed by atoms with E-state index < -0.39 is 0 Å². The Morgan fingerprint density at radius 2 is 2.15 bits per heavy atom. The minimum atomic E-state index is -0.113. The predicted molar refractivity (Wildman–Crippen MR) is 57.7 cm³/mol. The minimum absolute atomic E-state index is 0.113. The van der Waals surface area contributed by atoms with Gasteiger partial charge in [0, 0.05) is 12.9 Å². The SMILES string of the molecule is CCCCCCS/C(F)=C\COC. The van der Waals surface area contributed by atoms with E-state index in [4.69, 9.17) is 4.74 Å². The zero-order valence-corrected chi connectivity index (χ0v) is 9.33. The van der Waals surface area contributed by atoms with Gasteiger partial charge in [-0.15, -0.1) is 0 Å². The molecule has 0 aromatic heterocycles. The second-order valence-electron chi connectivity index (χ2n) is 2.87. The van der Waals surface area contributed by atoms with Gasteiger partial charge in [-0.25, -0.2) is 0 Å². The molecule has 13 heavy (non-hydrogen) atoms. The van der Waals surface area contributed by atoms with Crippen LogP contribution >= 0.6 is 11.8 Å². The summed E-state index contributed by atoms with van der Waals surface area (Å²) < 4.78 is 17.6. The molecule has 0 aliphatic carbocycles. The molecule has 1 nitrogen and oxygen atoms in total. The highest BCUT2D eigenvalue weighted by Gasteiger charge is 1.95. The average Bonchev–Trinajstić information content (AvgIpc) is 2.14. The number of unbranched alkanes of at least 4 members (excludes halogenated alkanes) is 3. The number of rotatable bonds is 8. The van der Waals surface area contributed by atoms with Crippen molar-refractivity contribution in [1.29, 1.82) is 0 Å². The molecule has 0 radical (unpaired) electrons. The van der Waals surface area contributed by atoms with Gasteiger partial charge in [-0.2, -0.15) is 4.39 Å². The lowest BCUT2D eigenvalue weighted by molar-refractivity contribution is 0.232. The van der Waals surface area contributed by atoms with E-state index in [0.717, 1.165) is 12.2 Å². The highest BCUT2D eigenvalue weighted by Crippen LogP contribution is 2.18. The van der Waals surface area contributed by atoms with Crippen LogP contribution in [-0.2, 0) is 4.74 Å². The van der Waals surface area contributed by atoms with Crippen molar-refractivity contribution in [3.8, 4) is 0 Å². The molecule has 0 saturated carbocycles. The fourth-order valence-electron chi connectivity index (χ4n) is 0.906. The first-order valence-electron chi connectivity index (χ1n) is 4.78. The largest absolute Gasteiger partial charge is 0.380 e. The summed E-state index contributed by atoms with van der Waals surface area (Å²) in [6, 6.07) is 0. The van der Waals surface area contributed by atoms with E-state index in [1.807, 2.05) is 0 Å². The fraction of sp³-hybridized carbons (Fsp3) is 0.800. The average molecular weight is 206 g/mol. The van der Waals surface area contributed by atoms with Crippen LogP contribution in [0, 0.1) is 0 Å². The van der Waals surface area contributed by atoms with Crippen molar-refractivity contribution in [3.05, 3.63) is 11.2 Å². The highest BCUT2D eigenvalue weighted by molar-refractivity contribution is 8.02. The van der Waals surface area contributed by atoms with Gasteiger partial charge in [0.25, 0.3) is 0 Å². The molecule has 3 heteroatoms. The van der Waals surface area contributed by atoms with Gasteiger partial charge in [-0.3, -0.25) is 0 Å². The lowest BCUT2D eigenvalue weighted by Gasteiger charge is -1.98. The maximum Gasteiger partial charge on any atom is 0.154 e. The molecule has 0 atom stereocenters. The van der Waals surface area contributed by atoms with Crippen LogP contribution in [0.4, 0.5) is 4.39 Å². The molecule has 0 saturated heterocycles. The van der Waals surface area contributed by atoms with Gasteiger partial charge in [0.1, 0.15) is 0 Å². The molecule has 0 unspecified atom stereocenters. The molecule has 0 fully saturated rings. The standard InChI is InChI=1S/C10H19FOS/c1-3-4-5-6-9-13-10(11)7-8-12-2/h7H,3-6,8-9H2,1-2H3/b10-7-. The topological polar surface area (TPSA) is 9.23 Å². The molecule has 0 aromatic carbocycles. The number of hydrogen-bond acceptors (Lipinski definition) is 2. The fourth-order valence-corrected chi connectivity index (χ4v) is 1.64. The van der Waals surface area contributed by atoms with E-state index in [1.165, 1.54) is 37.1 Å². The van der Waals surface area contributed by atoms with E-state index in [9.17, 15) is 4.39 Å². The third kappa shape index (κ3) is 9.90. The van der Waals surface area contributed by atoms with Gasteiger partial charge in [-0.1, -0.05) is 37.9 Å². The Hall–Kier alpha value is -0.0200. The van der Waals surface area contributed by atoms with E-state index in [0.29, 0.717) is 6.61 Å². The Kier molecular flexibility index (Phi) is 10.0. The molecular weight excluding hydrogens is 187 g/mol. The summed E-state index contributed by atoms with van der Waals surface area (Å²) in [5.41, 5.74) is 0. The summed E-state index contributed by atoms with van der Waals surface area (Å²) in [4.78, 5) is 0. The van der Waals surface area contributed by atoms with Gasteiger partial charge in [0.2, 0.25) is 0 Å². The lowest BCUT2D eigenvalue weighted by Crippen LogP contribution is -1.84. The van der Waals surface area contributed by atoms with E-state index in [-0.39, 0.29) is 5.16 Å². The summed E-state index contributed by atoms with van der Waals surface area (Å²) in [6.45, 7) is 2.54. The van der Waals surface area contributed by atoms with Crippen molar-refractivity contribution in [2.75, 3.05) is 19.5 Å². The smallest absolute Gasteiger partial charge is 0.154 e. The maximum absolute atomic E-state index is 12.8. The lowest BCUT2D eigenvalue weighted by atomic mass is 10.2. The van der Waals surface area contributed by atoms with Crippen molar-refractivity contribution in [1.82, 2.24) is 0 Å². The summed E-state index contributed by atoms with van der Waals surface area (Å²) in [6.07, 6.45) is 6.27. The van der Waals surface area contributed by atoms with Gasteiger partial charge >= 0.3 is 0 Å². The third-order valence-electron chi connectivity index (χ3n) is 1.65. The number of methoxy groups -OCH3 is 1. The van der Waals surface area contributed by atoms with Crippen LogP contribution in [-0.4, -0.2) is 19.5 Å². The molecule has 0 aromatic rings. The van der Waals surface area contributed by atoms with Gasteiger partial charge in [0.15, 0.2) is 5.16 Å². The third-order valence-corrected chi connectivity index (χ3v) is 2.58. The van der Waals surface area contributed by atoms with Crippen LogP contribution in [0.25, 0.3) is 0 Å². The molecule has 0 bridgehead atoms. The Balaban J connectivity index is 3.21. The Morgan fingerprint density at radius 1 is 1.38 bits per heavy atom. The van der Waals surface area contributed by atoms with Crippen molar-refractivity contribution in [2.45, 2.75) is 32.6 Å². The number of halogens is 1. The van der Waals surface area contributed by atoms with Crippen LogP contribution in [0.1, 0.15) is 32.6 Å². The van der Waals surface area contributed by atoms with E-state index in [2.05, 4.69) is 6.92 Å². The van der Waals surface area contributed by atoms with Crippen LogP contribution in [0.5, 0.6) is 0 Å². The zero-order chi connectivity index (χ0) is 9.94. The minimum Gasteiger partial charge on any atom is -0.380 e. The van der Waals surface area contributed by atoms with Crippen molar-refractivity contribution < 1.29 is 9.13 Å². The van der Waals surface area contributed by atoms with Crippen LogP contribution in [0.3, 0.4) is 0 Å². The first-order valence-corrected chi connectivity index (χ1v) is 5.77. The quantitative estimate of drug-likeness (QED) is 0.559.